The monoisotopic (exact) mass is 283 g/mol. The second kappa shape index (κ2) is 7.25. The highest BCUT2D eigenvalue weighted by molar-refractivity contribution is 7.08. The Morgan fingerprint density at radius 2 is 2.16 bits per heavy atom. The van der Waals surface area contributed by atoms with Gasteiger partial charge in [-0.1, -0.05) is 0 Å². The van der Waals surface area contributed by atoms with Gasteiger partial charge in [0.1, 0.15) is 0 Å². The van der Waals surface area contributed by atoms with Gasteiger partial charge in [0.2, 0.25) is 5.91 Å². The molecule has 0 unspecified atom stereocenters. The summed E-state index contributed by atoms with van der Waals surface area (Å²) in [5, 5.41) is 9.28. The molecule has 0 bridgehead atoms. The number of carbonyl (C=O) groups is 2. The number of rotatable bonds is 7. The first-order chi connectivity index (χ1) is 8.94. The Morgan fingerprint density at radius 1 is 1.42 bits per heavy atom. The number of thiophene rings is 1. The Morgan fingerprint density at radius 3 is 2.74 bits per heavy atom. The molecule has 6 heteroatoms. The van der Waals surface area contributed by atoms with Gasteiger partial charge in [-0.25, -0.2) is 0 Å². The number of nitrogens with two attached hydrogens (primary N) is 1. The van der Waals surface area contributed by atoms with E-state index < -0.39 is 0 Å². The Kier molecular flexibility index (Phi) is 5.98. The zero-order valence-electron chi connectivity index (χ0n) is 11.4. The summed E-state index contributed by atoms with van der Waals surface area (Å²) in [4.78, 5) is 23.2. The van der Waals surface area contributed by atoms with Crippen molar-refractivity contribution in [2.45, 2.75) is 32.2 Å². The van der Waals surface area contributed by atoms with Gasteiger partial charge in [-0.2, -0.15) is 11.3 Å². The van der Waals surface area contributed by atoms with Gasteiger partial charge in [-0.3, -0.25) is 9.59 Å². The minimum atomic E-state index is -0.378. The molecule has 0 radical (unpaired) electrons. The predicted molar refractivity (Wildman–Crippen MR) is 77.2 cm³/mol. The first kappa shape index (κ1) is 15.7. The van der Waals surface area contributed by atoms with Crippen LogP contribution in [0.4, 0.5) is 0 Å². The van der Waals surface area contributed by atoms with Crippen LogP contribution in [0.5, 0.6) is 0 Å². The van der Waals surface area contributed by atoms with Crippen molar-refractivity contribution in [1.29, 1.82) is 0 Å². The Bertz CT molecular complexity index is 416. The quantitative estimate of drug-likeness (QED) is 0.655. The molecular formula is C13H21N3O2S. The maximum Gasteiger partial charge on any atom is 0.252 e. The highest BCUT2D eigenvalue weighted by atomic mass is 32.1. The van der Waals surface area contributed by atoms with Gasteiger partial charge < -0.3 is 16.4 Å². The molecule has 2 amide bonds. The molecule has 1 aromatic heterocycles. The standard InChI is InChI=1S/C13H21N3O2S/c1-13(2,9-14)16-11(17)4-3-6-15-12(18)10-5-7-19-8-10/h5,7-8H,3-4,6,9,14H2,1-2H3,(H,15,18)(H,16,17). The summed E-state index contributed by atoms with van der Waals surface area (Å²) in [7, 11) is 0. The van der Waals surface area contributed by atoms with Crippen LogP contribution in [0.2, 0.25) is 0 Å². The predicted octanol–water partition coefficient (Wildman–Crippen LogP) is 1.11. The molecule has 0 aliphatic carbocycles. The fourth-order valence-electron chi connectivity index (χ4n) is 1.44. The van der Waals surface area contributed by atoms with Crippen molar-refractivity contribution in [2.75, 3.05) is 13.1 Å². The van der Waals surface area contributed by atoms with Gasteiger partial charge in [0.15, 0.2) is 0 Å². The topological polar surface area (TPSA) is 84.2 Å². The lowest BCUT2D eigenvalue weighted by Crippen LogP contribution is -2.48. The summed E-state index contributed by atoms with van der Waals surface area (Å²) in [6.07, 6.45) is 0.996. The minimum absolute atomic E-state index is 0.0415. The zero-order valence-corrected chi connectivity index (χ0v) is 12.2. The van der Waals surface area contributed by atoms with Crippen LogP contribution in [-0.2, 0) is 4.79 Å². The van der Waals surface area contributed by atoms with Crippen molar-refractivity contribution in [3.8, 4) is 0 Å². The number of nitrogens with one attached hydrogen (secondary N) is 2. The molecule has 0 saturated carbocycles. The smallest absolute Gasteiger partial charge is 0.252 e. The lowest BCUT2D eigenvalue weighted by atomic mass is 10.1. The van der Waals surface area contributed by atoms with Crippen molar-refractivity contribution in [1.82, 2.24) is 10.6 Å². The van der Waals surface area contributed by atoms with Gasteiger partial charge in [-0.05, 0) is 31.7 Å². The van der Waals surface area contributed by atoms with E-state index in [9.17, 15) is 9.59 Å². The van der Waals surface area contributed by atoms with Gasteiger partial charge in [0, 0.05) is 36.0 Å². The van der Waals surface area contributed by atoms with Crippen LogP contribution in [0.15, 0.2) is 16.8 Å². The summed E-state index contributed by atoms with van der Waals surface area (Å²) in [6, 6.07) is 1.77. The fourth-order valence-corrected chi connectivity index (χ4v) is 2.07. The molecule has 1 rings (SSSR count). The van der Waals surface area contributed by atoms with E-state index in [0.29, 0.717) is 31.5 Å². The molecule has 1 aromatic rings. The SMILES string of the molecule is CC(C)(CN)NC(=O)CCCNC(=O)c1ccsc1. The van der Waals surface area contributed by atoms with Crippen molar-refractivity contribution in [3.63, 3.8) is 0 Å². The third kappa shape index (κ3) is 5.85. The van der Waals surface area contributed by atoms with Crippen LogP contribution in [-0.4, -0.2) is 30.4 Å². The van der Waals surface area contributed by atoms with Crippen molar-refractivity contribution in [3.05, 3.63) is 22.4 Å². The van der Waals surface area contributed by atoms with Crippen LogP contribution in [0, 0.1) is 0 Å². The second-order valence-corrected chi connectivity index (χ2v) is 5.79. The average Bonchev–Trinajstić information content (AvgIpc) is 2.87. The molecule has 0 fully saturated rings. The number of hydrogen-bond acceptors (Lipinski definition) is 4. The number of carbonyl (C=O) groups excluding carboxylic acids is 2. The lowest BCUT2D eigenvalue weighted by Gasteiger charge is -2.24. The molecule has 19 heavy (non-hydrogen) atoms. The summed E-state index contributed by atoms with van der Waals surface area (Å²) >= 11 is 1.48. The van der Waals surface area contributed by atoms with E-state index in [0.717, 1.165) is 0 Å². The number of amides is 2. The summed E-state index contributed by atoms with van der Waals surface area (Å²) in [6.45, 7) is 4.64. The average molecular weight is 283 g/mol. The third-order valence-corrected chi connectivity index (χ3v) is 3.32. The zero-order chi connectivity index (χ0) is 14.3. The van der Waals surface area contributed by atoms with Crippen LogP contribution < -0.4 is 16.4 Å². The third-order valence-electron chi connectivity index (χ3n) is 2.64. The van der Waals surface area contributed by atoms with Crippen molar-refractivity contribution in [2.24, 2.45) is 5.73 Å². The molecule has 1 heterocycles. The molecule has 106 valence electrons. The molecular weight excluding hydrogens is 262 g/mol. The Hall–Kier alpha value is -1.40. The summed E-state index contributed by atoms with van der Waals surface area (Å²) in [5.74, 6) is -0.135. The molecule has 0 spiro atoms. The lowest BCUT2D eigenvalue weighted by molar-refractivity contribution is -0.122. The maximum absolute atomic E-state index is 11.6. The van der Waals surface area contributed by atoms with Gasteiger partial charge in [0.25, 0.3) is 5.91 Å². The van der Waals surface area contributed by atoms with E-state index in [1.165, 1.54) is 11.3 Å². The van der Waals surface area contributed by atoms with E-state index in [-0.39, 0.29) is 17.4 Å². The fraction of sp³-hybridized carbons (Fsp3) is 0.538. The largest absolute Gasteiger partial charge is 0.352 e. The van der Waals surface area contributed by atoms with E-state index >= 15 is 0 Å². The van der Waals surface area contributed by atoms with Crippen LogP contribution in [0.25, 0.3) is 0 Å². The molecule has 0 aromatic carbocycles. The van der Waals surface area contributed by atoms with E-state index in [4.69, 9.17) is 5.73 Å². The normalized spacial score (nSPS) is 11.1. The minimum Gasteiger partial charge on any atom is -0.352 e. The molecule has 0 atom stereocenters. The highest BCUT2D eigenvalue weighted by Crippen LogP contribution is 2.05. The van der Waals surface area contributed by atoms with Gasteiger partial charge in [0.05, 0.1) is 0 Å². The van der Waals surface area contributed by atoms with Gasteiger partial charge >= 0.3 is 0 Å². The Balaban J connectivity index is 2.17. The Labute approximate surface area is 117 Å². The molecule has 0 aliphatic rings. The first-order valence-corrected chi connectivity index (χ1v) is 7.20. The molecule has 0 aliphatic heterocycles. The van der Waals surface area contributed by atoms with Gasteiger partial charge in [-0.15, -0.1) is 0 Å². The van der Waals surface area contributed by atoms with E-state index in [2.05, 4.69) is 10.6 Å². The van der Waals surface area contributed by atoms with Crippen molar-refractivity contribution < 1.29 is 9.59 Å². The molecule has 0 saturated heterocycles. The molecule has 5 nitrogen and oxygen atoms in total. The highest BCUT2D eigenvalue weighted by Gasteiger charge is 2.17. The van der Waals surface area contributed by atoms with Crippen LogP contribution >= 0.6 is 11.3 Å². The maximum atomic E-state index is 11.6. The molecule has 4 N–H and O–H groups in total. The second-order valence-electron chi connectivity index (χ2n) is 5.01. The van der Waals surface area contributed by atoms with Crippen molar-refractivity contribution >= 4 is 23.2 Å². The van der Waals surface area contributed by atoms with E-state index in [1.54, 1.807) is 11.4 Å². The summed E-state index contributed by atoms with van der Waals surface area (Å²) < 4.78 is 0. The summed E-state index contributed by atoms with van der Waals surface area (Å²) in [5.41, 5.74) is 5.82. The number of hydrogen-bond donors (Lipinski definition) is 3. The van der Waals surface area contributed by atoms with Crippen LogP contribution in [0.1, 0.15) is 37.0 Å². The van der Waals surface area contributed by atoms with Crippen LogP contribution in [0.3, 0.4) is 0 Å². The first-order valence-electron chi connectivity index (χ1n) is 6.26. The van der Waals surface area contributed by atoms with E-state index in [1.807, 2.05) is 19.2 Å².